The molecule has 0 aliphatic heterocycles. The minimum absolute atomic E-state index is 0.267. The molecule has 0 bridgehead atoms. The molecule has 0 spiro atoms. The van der Waals surface area contributed by atoms with E-state index in [9.17, 15) is 9.18 Å². The molecular weight excluding hydrogens is 316 g/mol. The second kappa shape index (κ2) is 11.7. The molecule has 124 valence electrons. The SMILES string of the molecule is COCc1ccccc1.CP(NCC=O)Oc1ccc(F)cc1. The first kappa shape index (κ1) is 19.2. The van der Waals surface area contributed by atoms with E-state index in [0.29, 0.717) is 12.4 Å². The largest absolute Gasteiger partial charge is 0.459 e. The molecule has 0 fully saturated rings. The Balaban J connectivity index is 0.000000253. The molecule has 4 nitrogen and oxygen atoms in total. The van der Waals surface area contributed by atoms with Gasteiger partial charge in [0.25, 0.3) is 0 Å². The number of nitrogens with one attached hydrogen (secondary N) is 1. The maximum Gasteiger partial charge on any atom is 0.158 e. The van der Waals surface area contributed by atoms with E-state index >= 15 is 0 Å². The summed E-state index contributed by atoms with van der Waals surface area (Å²) in [5.74, 6) is 0.303. The highest BCUT2D eigenvalue weighted by Gasteiger charge is 2.02. The van der Waals surface area contributed by atoms with Crippen molar-refractivity contribution in [1.29, 1.82) is 0 Å². The van der Waals surface area contributed by atoms with Crippen LogP contribution in [0.15, 0.2) is 54.6 Å². The van der Waals surface area contributed by atoms with Crippen molar-refractivity contribution >= 4 is 14.6 Å². The van der Waals surface area contributed by atoms with E-state index in [1.165, 1.54) is 17.7 Å². The van der Waals surface area contributed by atoms with Crippen LogP contribution in [-0.2, 0) is 16.1 Å². The summed E-state index contributed by atoms with van der Waals surface area (Å²) in [6, 6.07) is 15.9. The minimum atomic E-state index is -0.876. The van der Waals surface area contributed by atoms with E-state index in [1.54, 1.807) is 19.2 Å². The molecule has 0 radical (unpaired) electrons. The van der Waals surface area contributed by atoms with Crippen LogP contribution >= 0.6 is 8.30 Å². The summed E-state index contributed by atoms with van der Waals surface area (Å²) in [5, 5.41) is 2.88. The van der Waals surface area contributed by atoms with Gasteiger partial charge in [0.15, 0.2) is 8.30 Å². The number of ether oxygens (including phenoxy) is 1. The molecule has 0 aromatic heterocycles. The van der Waals surface area contributed by atoms with Crippen LogP contribution in [0.4, 0.5) is 4.39 Å². The zero-order chi connectivity index (χ0) is 16.9. The topological polar surface area (TPSA) is 47.6 Å². The van der Waals surface area contributed by atoms with Gasteiger partial charge in [0.05, 0.1) is 13.2 Å². The molecule has 0 aliphatic rings. The lowest BCUT2D eigenvalue weighted by atomic mass is 10.2. The lowest BCUT2D eigenvalue weighted by Crippen LogP contribution is -2.11. The van der Waals surface area contributed by atoms with Crippen LogP contribution in [0.2, 0.25) is 0 Å². The van der Waals surface area contributed by atoms with E-state index in [1.807, 2.05) is 37.0 Å². The van der Waals surface area contributed by atoms with Crippen molar-refractivity contribution in [2.24, 2.45) is 0 Å². The molecule has 0 amide bonds. The summed E-state index contributed by atoms with van der Waals surface area (Å²) in [6.45, 7) is 2.81. The molecule has 6 heteroatoms. The Morgan fingerprint density at radius 2 is 1.78 bits per heavy atom. The van der Waals surface area contributed by atoms with Gasteiger partial charge in [0, 0.05) is 13.8 Å². The van der Waals surface area contributed by atoms with Gasteiger partial charge < -0.3 is 14.1 Å². The first-order valence-electron chi connectivity index (χ1n) is 7.03. The highest BCUT2D eigenvalue weighted by Crippen LogP contribution is 2.29. The van der Waals surface area contributed by atoms with E-state index in [2.05, 4.69) is 5.09 Å². The lowest BCUT2D eigenvalue weighted by molar-refractivity contribution is -0.106. The summed E-state index contributed by atoms with van der Waals surface area (Å²) < 4.78 is 22.8. The molecule has 2 aromatic carbocycles. The van der Waals surface area contributed by atoms with E-state index in [4.69, 9.17) is 9.26 Å². The van der Waals surface area contributed by atoms with Crippen molar-refractivity contribution in [2.45, 2.75) is 6.61 Å². The minimum Gasteiger partial charge on any atom is -0.459 e. The average Bonchev–Trinajstić information content (AvgIpc) is 2.57. The number of hydrogen-bond acceptors (Lipinski definition) is 4. The van der Waals surface area contributed by atoms with Crippen molar-refractivity contribution in [3.05, 3.63) is 66.0 Å². The zero-order valence-corrected chi connectivity index (χ0v) is 14.1. The van der Waals surface area contributed by atoms with Gasteiger partial charge in [-0.05, 0) is 29.8 Å². The predicted molar refractivity (Wildman–Crippen MR) is 91.1 cm³/mol. The first-order valence-corrected chi connectivity index (χ1v) is 8.73. The summed E-state index contributed by atoms with van der Waals surface area (Å²) in [4.78, 5) is 10.0. The van der Waals surface area contributed by atoms with Crippen molar-refractivity contribution in [3.8, 4) is 5.75 Å². The van der Waals surface area contributed by atoms with Crippen molar-refractivity contribution in [3.63, 3.8) is 0 Å². The number of methoxy groups -OCH3 is 1. The maximum absolute atomic E-state index is 12.5. The van der Waals surface area contributed by atoms with Crippen LogP contribution in [0.5, 0.6) is 5.75 Å². The number of carbonyl (C=O) groups excluding carboxylic acids is 1. The summed E-state index contributed by atoms with van der Waals surface area (Å²) in [6.07, 6.45) is 0.771. The molecule has 0 aliphatic carbocycles. The predicted octanol–water partition coefficient (Wildman–Crippen LogP) is 3.77. The fourth-order valence-electron chi connectivity index (χ4n) is 1.59. The average molecular weight is 337 g/mol. The van der Waals surface area contributed by atoms with Crippen LogP contribution in [0.3, 0.4) is 0 Å². The summed E-state index contributed by atoms with van der Waals surface area (Å²) in [5.41, 5.74) is 1.22. The van der Waals surface area contributed by atoms with Gasteiger partial charge in [0.2, 0.25) is 0 Å². The Hall–Kier alpha value is -1.81. The summed E-state index contributed by atoms with van der Waals surface area (Å²) in [7, 11) is 0.825. The molecule has 1 atom stereocenters. The number of hydrogen-bond donors (Lipinski definition) is 1. The second-order valence-electron chi connectivity index (χ2n) is 4.49. The Labute approximate surface area is 137 Å². The van der Waals surface area contributed by atoms with Crippen LogP contribution in [0, 0.1) is 5.82 Å². The Bertz CT molecular complexity index is 552. The monoisotopic (exact) mass is 337 g/mol. The molecule has 0 heterocycles. The normalized spacial score (nSPS) is 11.1. The van der Waals surface area contributed by atoms with E-state index in [-0.39, 0.29) is 12.4 Å². The zero-order valence-electron chi connectivity index (χ0n) is 13.2. The maximum atomic E-state index is 12.5. The number of rotatable bonds is 7. The first-order chi connectivity index (χ1) is 11.2. The standard InChI is InChI=1S/C9H11FNO2P.C8H10O/c1-14(11-6-7-12)13-9-4-2-8(10)3-5-9;1-9-7-8-5-3-2-4-6-8/h2-5,7,11H,6H2,1H3;2-6H,7H2,1H3. The molecule has 1 N–H and O–H groups in total. The highest BCUT2D eigenvalue weighted by atomic mass is 31.2. The third-order valence-electron chi connectivity index (χ3n) is 2.61. The smallest absolute Gasteiger partial charge is 0.158 e. The number of halogens is 1. The molecule has 0 saturated heterocycles. The van der Waals surface area contributed by atoms with Crippen LogP contribution in [0.25, 0.3) is 0 Å². The summed E-state index contributed by atoms with van der Waals surface area (Å²) >= 11 is 0. The van der Waals surface area contributed by atoms with Gasteiger partial charge in [-0.15, -0.1) is 0 Å². The second-order valence-corrected chi connectivity index (χ2v) is 5.98. The molecule has 23 heavy (non-hydrogen) atoms. The van der Waals surface area contributed by atoms with Crippen molar-refractivity contribution in [2.75, 3.05) is 20.3 Å². The fourth-order valence-corrected chi connectivity index (χ4v) is 2.43. The number of carbonyl (C=O) groups is 1. The molecule has 0 saturated carbocycles. The van der Waals surface area contributed by atoms with E-state index < -0.39 is 8.30 Å². The molecular formula is C17H21FNO3P. The van der Waals surface area contributed by atoms with E-state index in [0.717, 1.165) is 6.29 Å². The Morgan fingerprint density at radius 3 is 2.35 bits per heavy atom. The molecule has 2 rings (SSSR count). The van der Waals surface area contributed by atoms with Gasteiger partial charge in [-0.25, -0.2) is 4.39 Å². The fraction of sp³-hybridized carbons (Fsp3) is 0.235. The van der Waals surface area contributed by atoms with Crippen LogP contribution in [-0.4, -0.2) is 26.6 Å². The third-order valence-corrected chi connectivity index (χ3v) is 3.72. The lowest BCUT2D eigenvalue weighted by Gasteiger charge is -2.13. The van der Waals surface area contributed by atoms with Gasteiger partial charge >= 0.3 is 0 Å². The molecule has 1 unspecified atom stereocenters. The van der Waals surface area contributed by atoms with Crippen LogP contribution < -0.4 is 9.61 Å². The van der Waals surface area contributed by atoms with Gasteiger partial charge in [-0.3, -0.25) is 5.09 Å². The van der Waals surface area contributed by atoms with Gasteiger partial charge in [0.1, 0.15) is 17.9 Å². The third kappa shape index (κ3) is 9.04. The quantitative estimate of drug-likeness (QED) is 0.617. The number of aldehydes is 1. The highest BCUT2D eigenvalue weighted by molar-refractivity contribution is 7.49. The van der Waals surface area contributed by atoms with Crippen LogP contribution in [0.1, 0.15) is 5.56 Å². The van der Waals surface area contributed by atoms with Gasteiger partial charge in [-0.1, -0.05) is 30.3 Å². The van der Waals surface area contributed by atoms with Crippen molar-refractivity contribution < 1.29 is 18.4 Å². The Kier molecular flexibility index (Phi) is 9.80. The number of benzene rings is 2. The Morgan fingerprint density at radius 1 is 1.13 bits per heavy atom. The molecule has 2 aromatic rings. The van der Waals surface area contributed by atoms with Crippen molar-refractivity contribution in [1.82, 2.24) is 5.09 Å². The van der Waals surface area contributed by atoms with Gasteiger partial charge in [-0.2, -0.15) is 0 Å².